The Bertz CT molecular complexity index is 796. The predicted molar refractivity (Wildman–Crippen MR) is 123 cm³/mol. The van der Waals surface area contributed by atoms with E-state index < -0.39 is 0 Å². The van der Waals surface area contributed by atoms with E-state index in [1.807, 2.05) is 24.3 Å². The van der Waals surface area contributed by atoms with E-state index in [4.69, 9.17) is 4.74 Å². The summed E-state index contributed by atoms with van der Waals surface area (Å²) in [5.41, 5.74) is 2.31. The lowest BCUT2D eigenvalue weighted by molar-refractivity contribution is -0.140. The largest absolute Gasteiger partial charge is 0.426 e. The van der Waals surface area contributed by atoms with Crippen molar-refractivity contribution < 1.29 is 9.53 Å². The quantitative estimate of drug-likeness (QED) is 0.333. The van der Waals surface area contributed by atoms with Crippen molar-refractivity contribution in [3.05, 3.63) is 48.5 Å². The van der Waals surface area contributed by atoms with E-state index in [1.54, 1.807) is 0 Å². The first-order valence-electron chi connectivity index (χ1n) is 11.3. The Hall–Kier alpha value is -1.66. The number of carbonyl (C=O) groups is 1. The number of carbonyl (C=O) groups excluding carboxylic acids is 1. The third kappa shape index (κ3) is 5.28. The Morgan fingerprint density at radius 1 is 0.759 bits per heavy atom. The molecule has 2 aromatic carbocycles. The molecule has 0 aliphatic heterocycles. The van der Waals surface area contributed by atoms with Crippen LogP contribution < -0.4 is 10.0 Å². The minimum absolute atomic E-state index is 0.0409. The van der Waals surface area contributed by atoms with Crippen LogP contribution in [0.2, 0.25) is 0 Å². The molecule has 3 heteroatoms. The standard InChI is InChI=1S/C26H33O2P/c1-18-2-4-19(5-3-18)20-6-8-23(9-7-20)26(27)28-24-14-10-21(11-15-24)22-12-16-25(29)17-13-22/h10-20,23H,2-9,29H2,1H3. The summed E-state index contributed by atoms with van der Waals surface area (Å²) in [5, 5.41) is 1.17. The second kappa shape index (κ2) is 9.43. The van der Waals surface area contributed by atoms with Crippen molar-refractivity contribution in [2.45, 2.75) is 58.3 Å². The highest BCUT2D eigenvalue weighted by molar-refractivity contribution is 7.27. The van der Waals surface area contributed by atoms with E-state index in [0.29, 0.717) is 5.75 Å². The number of benzene rings is 2. The maximum absolute atomic E-state index is 12.7. The Kier molecular flexibility index (Phi) is 6.70. The highest BCUT2D eigenvalue weighted by atomic mass is 31.0. The number of esters is 1. The number of hydrogen-bond acceptors (Lipinski definition) is 2. The SMILES string of the molecule is CC1CCC(C2CCC(C(=O)Oc3ccc(-c4ccc(P)cc4)cc3)CC2)CC1. The van der Waals surface area contributed by atoms with Gasteiger partial charge in [-0.25, -0.2) is 0 Å². The van der Waals surface area contributed by atoms with Gasteiger partial charge >= 0.3 is 5.97 Å². The van der Waals surface area contributed by atoms with Crippen LogP contribution in [0, 0.1) is 23.7 Å². The highest BCUT2D eigenvalue weighted by Crippen LogP contribution is 2.41. The summed E-state index contributed by atoms with van der Waals surface area (Å²) < 4.78 is 5.72. The molecule has 1 unspecified atom stereocenters. The van der Waals surface area contributed by atoms with Gasteiger partial charge in [0.15, 0.2) is 0 Å². The molecule has 2 aliphatic carbocycles. The van der Waals surface area contributed by atoms with Gasteiger partial charge < -0.3 is 4.74 Å². The van der Waals surface area contributed by atoms with Crippen LogP contribution in [-0.2, 0) is 4.79 Å². The summed E-state index contributed by atoms with van der Waals surface area (Å²) in [6.45, 7) is 2.38. The fourth-order valence-corrected chi connectivity index (χ4v) is 5.37. The average Bonchev–Trinajstić information content (AvgIpc) is 2.76. The van der Waals surface area contributed by atoms with E-state index >= 15 is 0 Å². The molecule has 0 N–H and O–H groups in total. The first kappa shape index (κ1) is 20.6. The molecule has 2 saturated carbocycles. The normalized spacial score (nSPS) is 27.4. The van der Waals surface area contributed by atoms with Crippen LogP contribution in [0.25, 0.3) is 11.1 Å². The maximum Gasteiger partial charge on any atom is 0.314 e. The van der Waals surface area contributed by atoms with Crippen molar-refractivity contribution in [1.29, 1.82) is 0 Å². The molecule has 0 amide bonds. The first-order chi connectivity index (χ1) is 14.1. The molecular formula is C26H33O2P. The smallest absolute Gasteiger partial charge is 0.314 e. The summed E-state index contributed by atoms with van der Waals surface area (Å²) in [6.07, 6.45) is 9.96. The Balaban J connectivity index is 1.28. The topological polar surface area (TPSA) is 26.3 Å². The van der Waals surface area contributed by atoms with Gasteiger partial charge in [0.1, 0.15) is 5.75 Å². The Morgan fingerprint density at radius 3 is 1.79 bits per heavy atom. The summed E-state index contributed by atoms with van der Waals surface area (Å²) in [7, 11) is 2.70. The van der Waals surface area contributed by atoms with Gasteiger partial charge in [-0.15, -0.1) is 9.24 Å². The van der Waals surface area contributed by atoms with E-state index in [-0.39, 0.29) is 11.9 Å². The van der Waals surface area contributed by atoms with Gasteiger partial charge in [-0.1, -0.05) is 56.2 Å². The second-order valence-electron chi connectivity index (χ2n) is 9.20. The number of rotatable bonds is 4. The van der Waals surface area contributed by atoms with Crippen LogP contribution >= 0.6 is 9.24 Å². The summed E-state index contributed by atoms with van der Waals surface area (Å²) >= 11 is 0. The molecule has 0 spiro atoms. The molecule has 0 radical (unpaired) electrons. The summed E-state index contributed by atoms with van der Waals surface area (Å²) in [4.78, 5) is 12.7. The molecule has 2 aromatic rings. The van der Waals surface area contributed by atoms with Crippen molar-refractivity contribution >= 4 is 20.5 Å². The highest BCUT2D eigenvalue weighted by Gasteiger charge is 2.33. The van der Waals surface area contributed by atoms with Crippen LogP contribution in [0.5, 0.6) is 5.75 Å². The van der Waals surface area contributed by atoms with Crippen LogP contribution in [0.3, 0.4) is 0 Å². The average molecular weight is 409 g/mol. The van der Waals surface area contributed by atoms with Crippen molar-refractivity contribution in [3.63, 3.8) is 0 Å². The van der Waals surface area contributed by atoms with Gasteiger partial charge in [-0.3, -0.25) is 4.79 Å². The van der Waals surface area contributed by atoms with E-state index in [1.165, 1.54) is 49.4 Å². The molecule has 0 saturated heterocycles. The predicted octanol–water partition coefficient (Wildman–Crippen LogP) is 6.39. The van der Waals surface area contributed by atoms with Gasteiger partial charge in [0.05, 0.1) is 5.92 Å². The molecular weight excluding hydrogens is 375 g/mol. The molecule has 2 fully saturated rings. The van der Waals surface area contributed by atoms with Crippen molar-refractivity contribution in [1.82, 2.24) is 0 Å². The summed E-state index contributed by atoms with van der Waals surface area (Å²) in [6, 6.07) is 16.3. The van der Waals surface area contributed by atoms with Crippen LogP contribution in [0.1, 0.15) is 58.3 Å². The fourth-order valence-electron chi connectivity index (χ4n) is 5.17. The van der Waals surface area contributed by atoms with Gasteiger partial charge in [-0.2, -0.15) is 0 Å². The van der Waals surface area contributed by atoms with Gasteiger partial charge in [0, 0.05) is 0 Å². The second-order valence-corrected chi connectivity index (χ2v) is 9.87. The van der Waals surface area contributed by atoms with Gasteiger partial charge in [0.25, 0.3) is 0 Å². The van der Waals surface area contributed by atoms with Crippen LogP contribution in [0.4, 0.5) is 0 Å². The number of ether oxygens (including phenoxy) is 1. The minimum Gasteiger partial charge on any atom is -0.426 e. The van der Waals surface area contributed by atoms with Crippen molar-refractivity contribution in [2.24, 2.45) is 23.7 Å². The molecule has 0 aromatic heterocycles. The molecule has 4 rings (SSSR count). The maximum atomic E-state index is 12.7. The number of hydrogen-bond donors (Lipinski definition) is 0. The Labute approximate surface area is 177 Å². The van der Waals surface area contributed by atoms with E-state index in [0.717, 1.165) is 36.2 Å². The molecule has 2 aliphatic rings. The molecule has 29 heavy (non-hydrogen) atoms. The minimum atomic E-state index is -0.0409. The van der Waals surface area contributed by atoms with Crippen molar-refractivity contribution in [2.75, 3.05) is 0 Å². The zero-order valence-electron chi connectivity index (χ0n) is 17.5. The molecule has 2 nitrogen and oxygen atoms in total. The lowest BCUT2D eigenvalue weighted by Gasteiger charge is -2.36. The Morgan fingerprint density at radius 2 is 1.24 bits per heavy atom. The molecule has 154 valence electrons. The monoisotopic (exact) mass is 408 g/mol. The summed E-state index contributed by atoms with van der Waals surface area (Å²) in [5.74, 6) is 3.33. The molecule has 0 bridgehead atoms. The zero-order chi connectivity index (χ0) is 20.2. The van der Waals surface area contributed by atoms with Crippen LogP contribution in [-0.4, -0.2) is 5.97 Å². The lowest BCUT2D eigenvalue weighted by atomic mass is 9.69. The lowest BCUT2D eigenvalue weighted by Crippen LogP contribution is -2.29. The first-order valence-corrected chi connectivity index (χ1v) is 11.8. The molecule has 0 heterocycles. The fraction of sp³-hybridized carbons (Fsp3) is 0.500. The molecule has 1 atom stereocenters. The van der Waals surface area contributed by atoms with E-state index in [9.17, 15) is 4.79 Å². The van der Waals surface area contributed by atoms with Crippen molar-refractivity contribution in [3.8, 4) is 16.9 Å². The third-order valence-electron chi connectivity index (χ3n) is 7.15. The van der Waals surface area contributed by atoms with E-state index in [2.05, 4.69) is 40.4 Å². The van der Waals surface area contributed by atoms with Gasteiger partial charge in [0.2, 0.25) is 0 Å². The van der Waals surface area contributed by atoms with Crippen LogP contribution in [0.15, 0.2) is 48.5 Å². The van der Waals surface area contributed by atoms with Gasteiger partial charge in [-0.05, 0) is 84.8 Å². The zero-order valence-corrected chi connectivity index (χ0v) is 18.6. The third-order valence-corrected chi connectivity index (χ3v) is 7.53.